The van der Waals surface area contributed by atoms with E-state index in [4.69, 9.17) is 5.73 Å². The van der Waals surface area contributed by atoms with Gasteiger partial charge in [-0.2, -0.15) is 0 Å². The van der Waals surface area contributed by atoms with Crippen molar-refractivity contribution in [3.05, 3.63) is 0 Å². The van der Waals surface area contributed by atoms with Crippen LogP contribution in [0, 0.1) is 5.92 Å². The molecule has 1 saturated heterocycles. The van der Waals surface area contributed by atoms with Crippen molar-refractivity contribution in [2.24, 2.45) is 11.7 Å². The molecule has 1 heterocycles. The Morgan fingerprint density at radius 1 is 1.70 bits per heavy atom. The van der Waals surface area contributed by atoms with E-state index in [1.807, 2.05) is 0 Å². The Bertz CT molecular complexity index is 104. The third-order valence-corrected chi connectivity index (χ3v) is 2.75. The second-order valence-corrected chi connectivity index (χ2v) is 3.55. The zero-order chi connectivity index (χ0) is 7.61. The molecule has 1 aliphatic rings. The molecule has 0 aromatic rings. The van der Waals surface area contributed by atoms with Crippen molar-refractivity contribution < 1.29 is 0 Å². The summed E-state index contributed by atoms with van der Waals surface area (Å²) in [5.41, 5.74) is 6.14. The highest BCUT2D eigenvalue weighted by atomic mass is 14.9. The average Bonchev–Trinajstić information content (AvgIpc) is 2.38. The standard InChI is InChI=1S/C8H18N2/c1-3-8(2,9)7-4-5-10-6-7/h7,10H,3-6,9H2,1-2H3. The van der Waals surface area contributed by atoms with Gasteiger partial charge in [0.05, 0.1) is 0 Å². The summed E-state index contributed by atoms with van der Waals surface area (Å²) in [7, 11) is 0. The van der Waals surface area contributed by atoms with Crippen LogP contribution < -0.4 is 11.1 Å². The lowest BCUT2D eigenvalue weighted by atomic mass is 9.84. The van der Waals surface area contributed by atoms with E-state index in [-0.39, 0.29) is 5.54 Å². The Morgan fingerprint density at radius 3 is 2.80 bits per heavy atom. The summed E-state index contributed by atoms with van der Waals surface area (Å²) in [6.07, 6.45) is 2.33. The average molecular weight is 142 g/mol. The maximum absolute atomic E-state index is 6.08. The van der Waals surface area contributed by atoms with Crippen LogP contribution in [0.2, 0.25) is 0 Å². The minimum atomic E-state index is 0.0590. The summed E-state index contributed by atoms with van der Waals surface area (Å²) >= 11 is 0. The molecule has 1 fully saturated rings. The SMILES string of the molecule is CCC(C)(N)C1CCNC1. The number of nitrogens with two attached hydrogens (primary N) is 1. The van der Waals surface area contributed by atoms with Crippen LogP contribution >= 0.6 is 0 Å². The molecule has 2 heteroatoms. The molecule has 3 N–H and O–H groups in total. The molecule has 1 aliphatic heterocycles. The summed E-state index contributed by atoms with van der Waals surface area (Å²) in [5.74, 6) is 0.692. The fourth-order valence-electron chi connectivity index (χ4n) is 1.51. The van der Waals surface area contributed by atoms with E-state index >= 15 is 0 Å². The first-order valence-corrected chi connectivity index (χ1v) is 4.16. The Balaban J connectivity index is 2.45. The molecule has 2 atom stereocenters. The number of hydrogen-bond donors (Lipinski definition) is 2. The van der Waals surface area contributed by atoms with Crippen LogP contribution in [-0.4, -0.2) is 18.6 Å². The minimum absolute atomic E-state index is 0.0590. The molecule has 60 valence electrons. The molecule has 1 rings (SSSR count). The first-order chi connectivity index (χ1) is 4.67. The van der Waals surface area contributed by atoms with Gasteiger partial charge in [-0.15, -0.1) is 0 Å². The number of rotatable bonds is 2. The van der Waals surface area contributed by atoms with Crippen LogP contribution in [0.4, 0.5) is 0 Å². The summed E-state index contributed by atoms with van der Waals surface area (Å²) in [5, 5.41) is 3.33. The van der Waals surface area contributed by atoms with E-state index in [2.05, 4.69) is 19.2 Å². The summed E-state index contributed by atoms with van der Waals surface area (Å²) in [6.45, 7) is 6.58. The van der Waals surface area contributed by atoms with Gasteiger partial charge in [-0.25, -0.2) is 0 Å². The van der Waals surface area contributed by atoms with Gasteiger partial charge in [-0.1, -0.05) is 6.92 Å². The smallest absolute Gasteiger partial charge is 0.0164 e. The molecule has 0 aromatic heterocycles. The second-order valence-electron chi connectivity index (χ2n) is 3.55. The third-order valence-electron chi connectivity index (χ3n) is 2.75. The molecule has 10 heavy (non-hydrogen) atoms. The van der Waals surface area contributed by atoms with Crippen LogP contribution in [0.5, 0.6) is 0 Å². The maximum atomic E-state index is 6.08. The van der Waals surface area contributed by atoms with Crippen molar-refractivity contribution in [1.29, 1.82) is 0 Å². The van der Waals surface area contributed by atoms with Crippen molar-refractivity contribution in [2.45, 2.75) is 32.2 Å². The molecular formula is C8H18N2. The van der Waals surface area contributed by atoms with Gasteiger partial charge in [-0.3, -0.25) is 0 Å². The largest absolute Gasteiger partial charge is 0.325 e. The fourth-order valence-corrected chi connectivity index (χ4v) is 1.51. The van der Waals surface area contributed by atoms with Crippen LogP contribution in [0.1, 0.15) is 26.7 Å². The molecule has 0 aliphatic carbocycles. The number of nitrogens with one attached hydrogen (secondary N) is 1. The predicted molar refractivity (Wildman–Crippen MR) is 43.9 cm³/mol. The molecule has 0 spiro atoms. The first-order valence-electron chi connectivity index (χ1n) is 4.16. The zero-order valence-electron chi connectivity index (χ0n) is 6.98. The second kappa shape index (κ2) is 2.89. The van der Waals surface area contributed by atoms with Crippen LogP contribution in [0.3, 0.4) is 0 Å². The van der Waals surface area contributed by atoms with Crippen molar-refractivity contribution in [2.75, 3.05) is 13.1 Å². The van der Waals surface area contributed by atoms with Crippen molar-refractivity contribution >= 4 is 0 Å². The Hall–Kier alpha value is -0.0800. The summed E-state index contributed by atoms with van der Waals surface area (Å²) in [4.78, 5) is 0. The van der Waals surface area contributed by atoms with Crippen LogP contribution in [0.15, 0.2) is 0 Å². The molecule has 0 amide bonds. The van der Waals surface area contributed by atoms with Crippen molar-refractivity contribution in [1.82, 2.24) is 5.32 Å². The Labute approximate surface area is 63.2 Å². The highest BCUT2D eigenvalue weighted by molar-refractivity contribution is 4.90. The van der Waals surface area contributed by atoms with Crippen LogP contribution in [-0.2, 0) is 0 Å². The Kier molecular flexibility index (Phi) is 2.32. The van der Waals surface area contributed by atoms with Gasteiger partial charge in [0.25, 0.3) is 0 Å². The monoisotopic (exact) mass is 142 g/mol. The molecule has 0 bridgehead atoms. The zero-order valence-corrected chi connectivity index (χ0v) is 6.98. The highest BCUT2D eigenvalue weighted by Gasteiger charge is 2.30. The van der Waals surface area contributed by atoms with E-state index in [1.165, 1.54) is 6.42 Å². The quantitative estimate of drug-likeness (QED) is 0.596. The predicted octanol–water partition coefficient (Wildman–Crippen LogP) is 0.723. The van der Waals surface area contributed by atoms with E-state index in [0.29, 0.717) is 5.92 Å². The van der Waals surface area contributed by atoms with E-state index in [0.717, 1.165) is 19.5 Å². The molecule has 0 saturated carbocycles. The molecule has 0 radical (unpaired) electrons. The fraction of sp³-hybridized carbons (Fsp3) is 1.00. The van der Waals surface area contributed by atoms with Gasteiger partial charge in [0, 0.05) is 5.54 Å². The highest BCUT2D eigenvalue weighted by Crippen LogP contribution is 2.23. The minimum Gasteiger partial charge on any atom is -0.325 e. The molecule has 0 aromatic carbocycles. The van der Waals surface area contributed by atoms with Crippen molar-refractivity contribution in [3.8, 4) is 0 Å². The van der Waals surface area contributed by atoms with E-state index < -0.39 is 0 Å². The van der Waals surface area contributed by atoms with Gasteiger partial charge in [-0.05, 0) is 38.8 Å². The number of hydrogen-bond acceptors (Lipinski definition) is 2. The van der Waals surface area contributed by atoms with Gasteiger partial charge >= 0.3 is 0 Å². The molecular weight excluding hydrogens is 124 g/mol. The maximum Gasteiger partial charge on any atom is 0.0164 e. The van der Waals surface area contributed by atoms with Crippen LogP contribution in [0.25, 0.3) is 0 Å². The Morgan fingerprint density at radius 2 is 2.40 bits per heavy atom. The normalized spacial score (nSPS) is 32.1. The first kappa shape index (κ1) is 8.02. The third kappa shape index (κ3) is 1.50. The lowest BCUT2D eigenvalue weighted by Crippen LogP contribution is -2.44. The van der Waals surface area contributed by atoms with Gasteiger partial charge in [0.15, 0.2) is 0 Å². The summed E-state index contributed by atoms with van der Waals surface area (Å²) in [6, 6.07) is 0. The van der Waals surface area contributed by atoms with Gasteiger partial charge in [0.1, 0.15) is 0 Å². The van der Waals surface area contributed by atoms with Crippen molar-refractivity contribution in [3.63, 3.8) is 0 Å². The van der Waals surface area contributed by atoms with Gasteiger partial charge in [0.2, 0.25) is 0 Å². The molecule has 2 unspecified atom stereocenters. The van der Waals surface area contributed by atoms with E-state index in [9.17, 15) is 0 Å². The summed E-state index contributed by atoms with van der Waals surface area (Å²) < 4.78 is 0. The molecule has 2 nitrogen and oxygen atoms in total. The van der Waals surface area contributed by atoms with Gasteiger partial charge < -0.3 is 11.1 Å². The van der Waals surface area contributed by atoms with E-state index in [1.54, 1.807) is 0 Å². The lowest BCUT2D eigenvalue weighted by molar-refractivity contribution is 0.306. The topological polar surface area (TPSA) is 38.0 Å². The lowest BCUT2D eigenvalue weighted by Gasteiger charge is -2.29.